The Balaban J connectivity index is 1.67. The van der Waals surface area contributed by atoms with Gasteiger partial charge in [-0.2, -0.15) is 0 Å². The smallest absolute Gasteiger partial charge is 0.261 e. The van der Waals surface area contributed by atoms with Crippen molar-refractivity contribution < 1.29 is 18.6 Å². The lowest BCUT2D eigenvalue weighted by Crippen LogP contribution is -2.69. The molecular formula is C25H30Br2O4Si. The summed E-state index contributed by atoms with van der Waals surface area (Å²) in [6.07, 6.45) is -0.267. The zero-order chi connectivity index (χ0) is 23.0. The molecule has 1 spiro atoms. The Labute approximate surface area is 208 Å². The van der Waals surface area contributed by atoms with Crippen LogP contribution in [0.5, 0.6) is 0 Å². The lowest BCUT2D eigenvalue weighted by atomic mass is 10.1. The van der Waals surface area contributed by atoms with E-state index in [2.05, 4.69) is 113 Å². The van der Waals surface area contributed by atoms with Gasteiger partial charge in [-0.25, -0.2) is 0 Å². The molecule has 2 unspecified atom stereocenters. The molecule has 3 aliphatic rings. The third-order valence-electron chi connectivity index (χ3n) is 6.87. The van der Waals surface area contributed by atoms with Gasteiger partial charge in [0.15, 0.2) is 12.1 Å². The van der Waals surface area contributed by atoms with Crippen LogP contribution in [0.1, 0.15) is 41.0 Å². The summed E-state index contributed by atoms with van der Waals surface area (Å²) < 4.78 is 26.2. The molecule has 5 rings (SSSR count). The van der Waals surface area contributed by atoms with Crippen molar-refractivity contribution in [2.45, 2.75) is 79.2 Å². The van der Waals surface area contributed by atoms with Gasteiger partial charge >= 0.3 is 0 Å². The molecule has 2 aromatic carbocycles. The summed E-state index contributed by atoms with van der Waals surface area (Å²) in [5.74, 6) is -0.708. The van der Waals surface area contributed by atoms with Crippen molar-refractivity contribution in [1.29, 1.82) is 0 Å². The lowest BCUT2D eigenvalue weighted by molar-refractivity contribution is -0.218. The summed E-state index contributed by atoms with van der Waals surface area (Å²) in [7, 11) is -2.79. The average Bonchev–Trinajstić information content (AvgIpc) is 2.97. The summed E-state index contributed by atoms with van der Waals surface area (Å²) >= 11 is 7.67. The SMILES string of the molecule is CC1(C)OC2[C@@H](O1)OC1(CC1(Br)Br)[C@H]2O[Si](c1ccccc1)(c1ccccc1)C(C)(C)C. The van der Waals surface area contributed by atoms with Crippen molar-refractivity contribution in [3.63, 3.8) is 0 Å². The maximum absolute atomic E-state index is 7.51. The van der Waals surface area contributed by atoms with Crippen LogP contribution in [0.15, 0.2) is 60.7 Å². The quantitative estimate of drug-likeness (QED) is 0.373. The molecule has 0 amide bonds. The highest BCUT2D eigenvalue weighted by atomic mass is 79.9. The molecule has 32 heavy (non-hydrogen) atoms. The van der Waals surface area contributed by atoms with Gasteiger partial charge in [0, 0.05) is 6.42 Å². The highest BCUT2D eigenvalue weighted by Crippen LogP contribution is 2.69. The Hall–Kier alpha value is -0.543. The van der Waals surface area contributed by atoms with Crippen LogP contribution in [0.2, 0.25) is 5.04 Å². The van der Waals surface area contributed by atoms with Crippen LogP contribution in [0.4, 0.5) is 0 Å². The normalized spacial score (nSPS) is 32.8. The Morgan fingerprint density at radius 3 is 1.81 bits per heavy atom. The van der Waals surface area contributed by atoms with Crippen molar-refractivity contribution in [2.24, 2.45) is 0 Å². The molecule has 4 atom stereocenters. The highest BCUT2D eigenvalue weighted by molar-refractivity contribution is 9.25. The first-order valence-electron chi connectivity index (χ1n) is 11.1. The number of fused-ring (bicyclic) bond motifs is 1. The standard InChI is InChI=1S/C25H30Br2O4Si/c1-22(2,3)32(17-12-8-6-9-13-17,18-14-10-7-11-15-18)31-20-19-21(29-23(4,5)28-19)30-24(20)16-25(24,26)27/h6-15,19-21H,16H2,1-5H3/t19?,20-,21-,24?/m0/s1. The van der Waals surface area contributed by atoms with E-state index < -0.39 is 26.0 Å². The van der Waals surface area contributed by atoms with Crippen LogP contribution in [0.3, 0.4) is 0 Å². The summed E-state index contributed by atoms with van der Waals surface area (Å²) in [4.78, 5) is 0. The van der Waals surface area contributed by atoms with E-state index in [1.807, 2.05) is 13.8 Å². The van der Waals surface area contributed by atoms with Crippen molar-refractivity contribution >= 4 is 50.6 Å². The van der Waals surface area contributed by atoms with Gasteiger partial charge in [0.25, 0.3) is 8.32 Å². The number of halogens is 2. The van der Waals surface area contributed by atoms with Crippen molar-refractivity contribution in [3.05, 3.63) is 60.7 Å². The number of rotatable bonds is 4. The van der Waals surface area contributed by atoms with Gasteiger partial charge in [0.05, 0.1) is 0 Å². The number of hydrogen-bond acceptors (Lipinski definition) is 4. The highest BCUT2D eigenvalue weighted by Gasteiger charge is 2.80. The van der Waals surface area contributed by atoms with Crippen LogP contribution in [-0.4, -0.2) is 41.4 Å². The molecular weight excluding hydrogens is 552 g/mol. The monoisotopic (exact) mass is 580 g/mol. The van der Waals surface area contributed by atoms with Gasteiger partial charge in [-0.1, -0.05) is 113 Å². The zero-order valence-electron chi connectivity index (χ0n) is 19.1. The Kier molecular flexibility index (Phi) is 5.42. The maximum atomic E-state index is 7.51. The van der Waals surface area contributed by atoms with Gasteiger partial charge in [0.2, 0.25) is 0 Å². The molecule has 0 N–H and O–H groups in total. The molecule has 2 aromatic rings. The summed E-state index contributed by atoms with van der Waals surface area (Å²) in [6.45, 7) is 10.7. The topological polar surface area (TPSA) is 36.9 Å². The largest absolute Gasteiger partial charge is 0.399 e. The van der Waals surface area contributed by atoms with Gasteiger partial charge in [-0.05, 0) is 29.3 Å². The molecule has 1 saturated carbocycles. The second kappa shape index (κ2) is 7.48. The molecule has 2 aliphatic heterocycles. The second-order valence-corrected chi connectivity index (χ2v) is 18.6. The fourth-order valence-corrected chi connectivity index (χ4v) is 11.6. The van der Waals surface area contributed by atoms with Gasteiger partial charge in [0.1, 0.15) is 21.0 Å². The minimum Gasteiger partial charge on any atom is -0.399 e. The van der Waals surface area contributed by atoms with Crippen molar-refractivity contribution in [2.75, 3.05) is 0 Å². The Bertz CT molecular complexity index is 953. The van der Waals surface area contributed by atoms with E-state index in [0.29, 0.717) is 0 Å². The molecule has 0 aromatic heterocycles. The Morgan fingerprint density at radius 1 is 0.875 bits per heavy atom. The van der Waals surface area contributed by atoms with Crippen LogP contribution < -0.4 is 10.4 Å². The summed E-state index contributed by atoms with van der Waals surface area (Å²) in [6, 6.07) is 21.4. The fourth-order valence-electron chi connectivity index (χ4n) is 5.36. The first-order chi connectivity index (χ1) is 14.9. The average molecular weight is 582 g/mol. The van der Waals surface area contributed by atoms with E-state index in [9.17, 15) is 0 Å². The molecule has 3 fully saturated rings. The lowest BCUT2D eigenvalue weighted by Gasteiger charge is -2.46. The van der Waals surface area contributed by atoms with E-state index in [1.54, 1.807) is 0 Å². The number of ether oxygens (including phenoxy) is 3. The van der Waals surface area contributed by atoms with Crippen LogP contribution in [0.25, 0.3) is 0 Å². The molecule has 172 valence electrons. The van der Waals surface area contributed by atoms with E-state index in [0.717, 1.165) is 6.42 Å². The zero-order valence-corrected chi connectivity index (χ0v) is 23.3. The van der Waals surface area contributed by atoms with Gasteiger partial charge < -0.3 is 18.6 Å². The molecule has 7 heteroatoms. The van der Waals surface area contributed by atoms with Crippen LogP contribution in [0, 0.1) is 0 Å². The summed E-state index contributed by atoms with van der Waals surface area (Å²) in [5.41, 5.74) is -0.550. The predicted octanol–water partition coefficient (Wildman–Crippen LogP) is 5.07. The molecule has 2 heterocycles. The number of hydrogen-bond donors (Lipinski definition) is 0. The van der Waals surface area contributed by atoms with Gasteiger partial charge in [-0.3, -0.25) is 0 Å². The van der Waals surface area contributed by atoms with E-state index in [4.69, 9.17) is 18.6 Å². The molecule has 1 aliphatic carbocycles. The minimum atomic E-state index is -2.79. The minimum absolute atomic E-state index is 0.139. The third-order valence-corrected chi connectivity index (χ3v) is 13.8. The summed E-state index contributed by atoms with van der Waals surface area (Å²) in [5, 5.41) is 2.34. The fraction of sp³-hybridized carbons (Fsp3) is 0.520. The molecule has 0 radical (unpaired) electrons. The van der Waals surface area contributed by atoms with Gasteiger partial charge in [-0.15, -0.1) is 0 Å². The van der Waals surface area contributed by atoms with E-state index in [-0.39, 0.29) is 20.5 Å². The first-order valence-corrected chi connectivity index (χ1v) is 14.6. The predicted molar refractivity (Wildman–Crippen MR) is 135 cm³/mol. The number of benzene rings is 2. The molecule has 4 nitrogen and oxygen atoms in total. The van der Waals surface area contributed by atoms with Crippen molar-refractivity contribution in [1.82, 2.24) is 0 Å². The van der Waals surface area contributed by atoms with E-state index in [1.165, 1.54) is 10.4 Å². The molecule has 2 saturated heterocycles. The second-order valence-electron chi connectivity index (χ2n) is 10.6. The van der Waals surface area contributed by atoms with Crippen LogP contribution in [-0.2, 0) is 18.6 Å². The number of alkyl halides is 2. The van der Waals surface area contributed by atoms with Crippen LogP contribution >= 0.6 is 31.9 Å². The van der Waals surface area contributed by atoms with Crippen molar-refractivity contribution in [3.8, 4) is 0 Å². The third kappa shape index (κ3) is 3.42. The molecule has 0 bridgehead atoms. The Morgan fingerprint density at radius 2 is 1.38 bits per heavy atom. The maximum Gasteiger partial charge on any atom is 0.261 e. The first kappa shape index (κ1) is 23.2. The van der Waals surface area contributed by atoms with E-state index >= 15 is 0 Å².